The van der Waals surface area contributed by atoms with Crippen LogP contribution in [-0.4, -0.2) is 22.6 Å². The standard InChI is InChI=1S/C18H9F5IN3O4/c19-11-7-10(1-3-13(11)31-18(21,22)23)30-14-4-2-12(24)16(20)15(14)17(28)26-9-5-6-27(29)25-8-9/h1-8,29H/p+1. The molecule has 0 unspecified atom stereocenters. The van der Waals surface area contributed by atoms with E-state index in [1.54, 1.807) is 22.6 Å². The molecule has 0 saturated heterocycles. The van der Waals surface area contributed by atoms with Gasteiger partial charge < -0.3 is 14.8 Å². The maximum Gasteiger partial charge on any atom is 0.573 e. The Morgan fingerprint density at radius 1 is 1.13 bits per heavy atom. The zero-order valence-corrected chi connectivity index (χ0v) is 17.1. The molecule has 13 heteroatoms. The number of carbonyl (C=O) groups is 1. The van der Waals surface area contributed by atoms with E-state index < -0.39 is 35.2 Å². The minimum absolute atomic E-state index is 0.0783. The highest BCUT2D eigenvalue weighted by molar-refractivity contribution is 14.1. The number of rotatable bonds is 5. The number of alkyl halides is 3. The number of benzene rings is 2. The molecule has 0 aliphatic rings. The lowest BCUT2D eigenvalue weighted by atomic mass is 10.1. The van der Waals surface area contributed by atoms with Crippen LogP contribution in [0.5, 0.6) is 17.2 Å². The summed E-state index contributed by atoms with van der Waals surface area (Å²) in [6.07, 6.45) is -2.88. The van der Waals surface area contributed by atoms with Crippen molar-refractivity contribution in [1.82, 2.24) is 5.10 Å². The molecule has 0 radical (unpaired) electrons. The molecule has 0 fully saturated rings. The Kier molecular flexibility index (Phi) is 6.42. The first-order chi connectivity index (χ1) is 14.5. The second kappa shape index (κ2) is 8.87. The highest BCUT2D eigenvalue weighted by Gasteiger charge is 2.32. The summed E-state index contributed by atoms with van der Waals surface area (Å²) >= 11 is 1.65. The van der Waals surface area contributed by atoms with E-state index in [1.165, 1.54) is 18.2 Å². The molecule has 0 saturated carbocycles. The third-order valence-corrected chi connectivity index (χ3v) is 4.43. The van der Waals surface area contributed by atoms with E-state index in [0.717, 1.165) is 18.5 Å². The Balaban J connectivity index is 1.90. The summed E-state index contributed by atoms with van der Waals surface area (Å²) in [4.78, 5) is 13.1. The molecule has 1 aromatic heterocycles. The van der Waals surface area contributed by atoms with Gasteiger partial charge in [-0.3, -0.25) is 10.0 Å². The number of hydrogen-bond acceptors (Lipinski definition) is 5. The average molecular weight is 554 g/mol. The third kappa shape index (κ3) is 5.68. The summed E-state index contributed by atoms with van der Waals surface area (Å²) in [6, 6.07) is 6.05. The van der Waals surface area contributed by atoms with Crippen LogP contribution < -0.4 is 19.6 Å². The first kappa shape index (κ1) is 22.5. The fraction of sp³-hybridized carbons (Fsp3) is 0.0556. The van der Waals surface area contributed by atoms with Gasteiger partial charge in [-0.1, -0.05) is 0 Å². The van der Waals surface area contributed by atoms with Crippen LogP contribution in [0.1, 0.15) is 10.4 Å². The van der Waals surface area contributed by atoms with Crippen LogP contribution in [0.3, 0.4) is 0 Å². The fourth-order valence-corrected chi connectivity index (χ4v) is 2.78. The lowest BCUT2D eigenvalue weighted by Crippen LogP contribution is -2.33. The molecule has 3 rings (SSSR count). The second-order valence-electron chi connectivity index (χ2n) is 5.77. The number of nitrogens with zero attached hydrogens (tertiary/aromatic N) is 2. The largest absolute Gasteiger partial charge is 0.573 e. The first-order valence-corrected chi connectivity index (χ1v) is 9.21. The third-order valence-electron chi connectivity index (χ3n) is 3.60. The molecule has 2 aromatic carbocycles. The molecule has 0 bridgehead atoms. The molecule has 1 amide bonds. The predicted molar refractivity (Wildman–Crippen MR) is 102 cm³/mol. The molecule has 1 heterocycles. The zero-order chi connectivity index (χ0) is 22.8. The summed E-state index contributed by atoms with van der Waals surface area (Å²) in [6.45, 7) is 0. The molecule has 2 N–H and O–H groups in total. The van der Waals surface area contributed by atoms with Crippen LogP contribution >= 0.6 is 22.6 Å². The van der Waals surface area contributed by atoms with Crippen molar-refractivity contribution in [3.05, 3.63) is 69.6 Å². The fourth-order valence-electron chi connectivity index (χ4n) is 2.33. The van der Waals surface area contributed by atoms with Crippen LogP contribution in [0, 0.1) is 15.2 Å². The molecule has 162 valence electrons. The molecule has 7 nitrogen and oxygen atoms in total. The minimum atomic E-state index is -5.09. The smallest absolute Gasteiger partial charge is 0.456 e. The molecular formula is C18H10F5IN3O4+. The Labute approximate surface area is 184 Å². The molecule has 31 heavy (non-hydrogen) atoms. The minimum Gasteiger partial charge on any atom is -0.456 e. The van der Waals surface area contributed by atoms with Gasteiger partial charge in [-0.15, -0.1) is 13.2 Å². The lowest BCUT2D eigenvalue weighted by molar-refractivity contribution is -0.948. The van der Waals surface area contributed by atoms with Gasteiger partial charge in [0, 0.05) is 20.8 Å². The summed E-state index contributed by atoms with van der Waals surface area (Å²) in [5, 5.41) is 15.0. The van der Waals surface area contributed by atoms with Crippen molar-refractivity contribution in [1.29, 1.82) is 0 Å². The number of nitrogens with one attached hydrogen (secondary N) is 1. The molecule has 3 aromatic rings. The number of amides is 1. The van der Waals surface area contributed by atoms with E-state index in [1.807, 2.05) is 0 Å². The Morgan fingerprint density at radius 3 is 2.45 bits per heavy atom. The van der Waals surface area contributed by atoms with Crippen LogP contribution in [0.4, 0.5) is 27.6 Å². The zero-order valence-electron chi connectivity index (χ0n) is 15.0. The van der Waals surface area contributed by atoms with Crippen LogP contribution in [-0.2, 0) is 0 Å². The van der Waals surface area contributed by atoms with Gasteiger partial charge in [0.2, 0.25) is 0 Å². The van der Waals surface area contributed by atoms with Gasteiger partial charge in [-0.2, -0.15) is 0 Å². The molecule has 0 aliphatic heterocycles. The molecule has 0 aliphatic carbocycles. The van der Waals surface area contributed by atoms with Crippen molar-refractivity contribution in [2.45, 2.75) is 6.36 Å². The van der Waals surface area contributed by atoms with Crippen LogP contribution in [0.2, 0.25) is 0 Å². The lowest BCUT2D eigenvalue weighted by Gasteiger charge is -2.14. The average Bonchev–Trinajstić information content (AvgIpc) is 2.68. The number of ether oxygens (including phenoxy) is 2. The normalized spacial score (nSPS) is 11.2. The van der Waals surface area contributed by atoms with Gasteiger partial charge in [-0.05, 0) is 46.9 Å². The summed E-state index contributed by atoms with van der Waals surface area (Å²) in [5.74, 6) is -4.95. The van der Waals surface area contributed by atoms with E-state index in [0.29, 0.717) is 17.0 Å². The number of anilines is 1. The predicted octanol–water partition coefficient (Wildman–Crippen LogP) is 4.43. The number of aromatic nitrogens is 2. The van der Waals surface area contributed by atoms with Crippen molar-refractivity contribution < 1.29 is 46.3 Å². The highest BCUT2D eigenvalue weighted by Crippen LogP contribution is 2.33. The monoisotopic (exact) mass is 554 g/mol. The Bertz CT molecular complexity index is 1130. The van der Waals surface area contributed by atoms with Gasteiger partial charge in [-0.25, -0.2) is 8.78 Å². The van der Waals surface area contributed by atoms with Gasteiger partial charge in [0.15, 0.2) is 17.4 Å². The van der Waals surface area contributed by atoms with Crippen molar-refractivity contribution in [2.24, 2.45) is 0 Å². The van der Waals surface area contributed by atoms with Crippen LogP contribution in [0.15, 0.2) is 48.8 Å². The Hall–Kier alpha value is -3.23. The summed E-state index contributed by atoms with van der Waals surface area (Å²) < 4.78 is 74.4. The topological polar surface area (TPSA) is 84.6 Å². The quantitative estimate of drug-likeness (QED) is 0.211. The van der Waals surface area contributed by atoms with Crippen molar-refractivity contribution in [2.75, 3.05) is 5.32 Å². The van der Waals surface area contributed by atoms with E-state index in [4.69, 9.17) is 9.94 Å². The summed E-state index contributed by atoms with van der Waals surface area (Å²) in [7, 11) is 0. The molecule has 0 spiro atoms. The van der Waals surface area contributed by atoms with Gasteiger partial charge in [0.05, 0.1) is 5.69 Å². The van der Waals surface area contributed by atoms with Crippen LogP contribution in [0.25, 0.3) is 0 Å². The van der Waals surface area contributed by atoms with Crippen molar-refractivity contribution in [3.8, 4) is 17.2 Å². The van der Waals surface area contributed by atoms with Crippen molar-refractivity contribution in [3.63, 3.8) is 0 Å². The highest BCUT2D eigenvalue weighted by atomic mass is 127. The van der Waals surface area contributed by atoms with Gasteiger partial charge >= 0.3 is 6.36 Å². The Morgan fingerprint density at radius 2 is 1.84 bits per heavy atom. The van der Waals surface area contributed by atoms with E-state index in [-0.39, 0.29) is 20.8 Å². The van der Waals surface area contributed by atoms with Gasteiger partial charge in [0.25, 0.3) is 12.1 Å². The van der Waals surface area contributed by atoms with E-state index >= 15 is 0 Å². The summed E-state index contributed by atoms with van der Waals surface area (Å²) in [5.41, 5.74) is -0.414. The van der Waals surface area contributed by atoms with Gasteiger partial charge in [0.1, 0.15) is 28.1 Å². The van der Waals surface area contributed by atoms with E-state index in [9.17, 15) is 26.7 Å². The second-order valence-corrected chi connectivity index (χ2v) is 6.93. The maximum absolute atomic E-state index is 14.7. The maximum atomic E-state index is 14.7. The number of halogens is 6. The molecule has 0 atom stereocenters. The first-order valence-electron chi connectivity index (χ1n) is 8.13. The van der Waals surface area contributed by atoms with E-state index in [2.05, 4.69) is 15.2 Å². The van der Waals surface area contributed by atoms with Crippen molar-refractivity contribution >= 4 is 34.2 Å². The molecular weight excluding hydrogens is 544 g/mol. The number of carbonyl (C=O) groups excluding carboxylic acids is 1. The SMILES string of the molecule is O=C(Nc1cc[n+](O)nc1)c1c(Oc2ccc(OC(F)(F)F)c(F)c2)ccc(I)c1F. The number of hydrogen-bond donors (Lipinski definition) is 2.